The lowest BCUT2D eigenvalue weighted by Gasteiger charge is -2.17. The second-order valence-electron chi connectivity index (χ2n) is 5.24. The molecule has 1 atom stereocenters. The summed E-state index contributed by atoms with van der Waals surface area (Å²) in [6.45, 7) is 1.44. The topological polar surface area (TPSA) is 53.4 Å². The van der Waals surface area contributed by atoms with E-state index in [0.717, 1.165) is 4.90 Å². The van der Waals surface area contributed by atoms with Crippen molar-refractivity contribution in [2.45, 2.75) is 25.5 Å². The van der Waals surface area contributed by atoms with E-state index in [4.69, 9.17) is 0 Å². The van der Waals surface area contributed by atoms with Crippen molar-refractivity contribution in [3.05, 3.63) is 59.4 Å². The van der Waals surface area contributed by atoms with Gasteiger partial charge in [-0.3, -0.25) is 9.78 Å². The minimum atomic E-state index is -3.63. The molecule has 114 valence electrons. The number of pyridine rings is 1. The fourth-order valence-electron chi connectivity index (χ4n) is 2.69. The number of aliphatic hydroxyl groups excluding tert-OH is 1. The fourth-order valence-corrected chi connectivity index (χ4v) is 2.69. The first-order chi connectivity index (χ1) is 10.4. The third-order valence-corrected chi connectivity index (χ3v) is 3.73. The van der Waals surface area contributed by atoms with Crippen LogP contribution in [-0.2, 0) is 17.3 Å². The van der Waals surface area contributed by atoms with E-state index in [-0.39, 0.29) is 17.8 Å². The van der Waals surface area contributed by atoms with Gasteiger partial charge in [0.15, 0.2) is 0 Å². The van der Waals surface area contributed by atoms with Crippen molar-refractivity contribution >= 4 is 11.6 Å². The molecule has 0 aliphatic carbocycles. The number of halogens is 2. The van der Waals surface area contributed by atoms with Crippen LogP contribution in [0.5, 0.6) is 0 Å². The predicted octanol–water partition coefficient (Wildman–Crippen LogP) is 2.77. The molecule has 0 unspecified atom stereocenters. The largest absolute Gasteiger partial charge is 0.389 e. The van der Waals surface area contributed by atoms with E-state index in [9.17, 15) is 18.7 Å². The second kappa shape index (κ2) is 5.14. The summed E-state index contributed by atoms with van der Waals surface area (Å²) in [5.41, 5.74) is 0.525. The minimum Gasteiger partial charge on any atom is -0.389 e. The molecule has 1 aliphatic heterocycles. The number of anilines is 1. The van der Waals surface area contributed by atoms with Gasteiger partial charge in [-0.25, -0.2) is 0 Å². The highest BCUT2D eigenvalue weighted by molar-refractivity contribution is 6.06. The monoisotopic (exact) mass is 304 g/mol. The molecule has 1 N–H and O–H groups in total. The molecule has 1 amide bonds. The summed E-state index contributed by atoms with van der Waals surface area (Å²) in [5, 5.41) is 9.71. The van der Waals surface area contributed by atoms with Crippen molar-refractivity contribution in [1.29, 1.82) is 0 Å². The summed E-state index contributed by atoms with van der Waals surface area (Å²) in [5.74, 6) is -4.90. The van der Waals surface area contributed by atoms with E-state index in [0.29, 0.717) is 5.56 Å². The molecule has 22 heavy (non-hydrogen) atoms. The summed E-state index contributed by atoms with van der Waals surface area (Å²) in [4.78, 5) is 17.1. The zero-order chi connectivity index (χ0) is 15.9. The maximum atomic E-state index is 14.4. The maximum Gasteiger partial charge on any atom is 0.352 e. The number of aliphatic hydroxyl groups is 1. The Morgan fingerprint density at radius 2 is 1.95 bits per heavy atom. The van der Waals surface area contributed by atoms with Gasteiger partial charge in [0, 0.05) is 12.4 Å². The Kier molecular flexibility index (Phi) is 3.41. The van der Waals surface area contributed by atoms with Crippen molar-refractivity contribution in [3.8, 4) is 0 Å². The molecular formula is C16H14F2N2O2. The van der Waals surface area contributed by atoms with E-state index >= 15 is 0 Å². The number of carbonyl (C=O) groups is 1. The van der Waals surface area contributed by atoms with Gasteiger partial charge in [0.25, 0.3) is 0 Å². The summed E-state index contributed by atoms with van der Waals surface area (Å²) in [6, 6.07) is 7.79. The minimum absolute atomic E-state index is 0.0349. The van der Waals surface area contributed by atoms with Crippen LogP contribution in [0.15, 0.2) is 42.7 Å². The predicted molar refractivity (Wildman–Crippen MR) is 76.4 cm³/mol. The number of amides is 1. The van der Waals surface area contributed by atoms with Crippen molar-refractivity contribution in [2.24, 2.45) is 0 Å². The summed E-state index contributed by atoms with van der Waals surface area (Å²) < 4.78 is 28.8. The third-order valence-electron chi connectivity index (χ3n) is 3.73. The van der Waals surface area contributed by atoms with Crippen LogP contribution in [-0.4, -0.2) is 16.0 Å². The lowest BCUT2D eigenvalue weighted by molar-refractivity contribution is -0.141. The van der Waals surface area contributed by atoms with Gasteiger partial charge in [-0.05, 0) is 36.2 Å². The van der Waals surface area contributed by atoms with Crippen LogP contribution < -0.4 is 4.90 Å². The van der Waals surface area contributed by atoms with E-state index in [1.165, 1.54) is 19.1 Å². The van der Waals surface area contributed by atoms with Crippen molar-refractivity contribution in [3.63, 3.8) is 0 Å². The SMILES string of the molecule is C[C@H](O)c1cccc2c1C(F)(F)C(=O)N2Cc1ccncc1. The van der Waals surface area contributed by atoms with E-state index < -0.39 is 23.5 Å². The number of aromatic nitrogens is 1. The zero-order valence-electron chi connectivity index (χ0n) is 11.8. The number of hydrogen-bond acceptors (Lipinski definition) is 3. The number of benzene rings is 1. The normalized spacial score (nSPS) is 17.5. The molecule has 6 heteroatoms. The standard InChI is InChI=1S/C16H14F2N2O2/c1-10(21)12-3-2-4-13-14(12)16(17,18)15(22)20(13)9-11-5-7-19-8-6-11/h2-8,10,21H,9H2,1H3/t10-/m0/s1. The maximum absolute atomic E-state index is 14.4. The molecule has 4 nitrogen and oxygen atoms in total. The average molecular weight is 304 g/mol. The molecule has 2 aromatic rings. The molecule has 1 aliphatic rings. The Bertz CT molecular complexity index is 717. The Labute approximate surface area is 126 Å². The smallest absolute Gasteiger partial charge is 0.352 e. The molecule has 2 heterocycles. The van der Waals surface area contributed by atoms with E-state index in [2.05, 4.69) is 4.98 Å². The number of rotatable bonds is 3. The van der Waals surface area contributed by atoms with Gasteiger partial charge in [-0.1, -0.05) is 12.1 Å². The highest BCUT2D eigenvalue weighted by Gasteiger charge is 2.54. The van der Waals surface area contributed by atoms with Crippen molar-refractivity contribution < 1.29 is 18.7 Å². The molecule has 1 aromatic carbocycles. The van der Waals surface area contributed by atoms with Gasteiger partial charge in [0.1, 0.15) is 0 Å². The molecule has 0 spiro atoms. The van der Waals surface area contributed by atoms with Gasteiger partial charge in [0.2, 0.25) is 0 Å². The first-order valence-corrected chi connectivity index (χ1v) is 6.83. The van der Waals surface area contributed by atoms with Crippen molar-refractivity contribution in [1.82, 2.24) is 4.98 Å². The molecule has 0 saturated heterocycles. The Morgan fingerprint density at radius 1 is 1.27 bits per heavy atom. The Hall–Kier alpha value is -2.34. The van der Waals surface area contributed by atoms with Crippen LogP contribution in [0, 0.1) is 0 Å². The van der Waals surface area contributed by atoms with Crippen LogP contribution in [0.3, 0.4) is 0 Å². The molecule has 0 fully saturated rings. The average Bonchev–Trinajstić information content (AvgIpc) is 2.69. The summed E-state index contributed by atoms with van der Waals surface area (Å²) in [6.07, 6.45) is 2.01. The zero-order valence-corrected chi connectivity index (χ0v) is 11.8. The first kappa shape index (κ1) is 14.6. The number of alkyl halides is 2. The highest BCUT2D eigenvalue weighted by atomic mass is 19.3. The van der Waals surface area contributed by atoms with Gasteiger partial charge in [0.05, 0.1) is 23.9 Å². The Morgan fingerprint density at radius 3 is 2.59 bits per heavy atom. The van der Waals surface area contributed by atoms with Crippen LogP contribution >= 0.6 is 0 Å². The molecular weight excluding hydrogens is 290 g/mol. The molecule has 0 radical (unpaired) electrons. The van der Waals surface area contributed by atoms with Gasteiger partial charge < -0.3 is 10.0 Å². The second-order valence-corrected chi connectivity index (χ2v) is 5.24. The third kappa shape index (κ3) is 2.16. The molecule has 1 aromatic heterocycles. The van der Waals surface area contributed by atoms with Gasteiger partial charge in [-0.2, -0.15) is 8.78 Å². The summed E-state index contributed by atoms with van der Waals surface area (Å²) >= 11 is 0. The molecule has 3 rings (SSSR count). The van der Waals surface area contributed by atoms with Crippen LogP contribution in [0.25, 0.3) is 0 Å². The summed E-state index contributed by atoms with van der Waals surface area (Å²) in [7, 11) is 0. The Balaban J connectivity index is 2.09. The van der Waals surface area contributed by atoms with Crippen LogP contribution in [0.4, 0.5) is 14.5 Å². The van der Waals surface area contributed by atoms with Crippen molar-refractivity contribution in [2.75, 3.05) is 4.90 Å². The van der Waals surface area contributed by atoms with E-state index in [1.807, 2.05) is 0 Å². The number of nitrogens with zero attached hydrogens (tertiary/aromatic N) is 2. The van der Waals surface area contributed by atoms with Gasteiger partial charge in [-0.15, -0.1) is 0 Å². The number of fused-ring (bicyclic) bond motifs is 1. The van der Waals surface area contributed by atoms with Crippen LogP contribution in [0.1, 0.15) is 29.7 Å². The fraction of sp³-hybridized carbons (Fsp3) is 0.250. The number of hydrogen-bond donors (Lipinski definition) is 1. The van der Waals surface area contributed by atoms with E-state index in [1.54, 1.807) is 30.6 Å². The molecule has 0 bridgehead atoms. The quantitative estimate of drug-likeness (QED) is 0.948. The lowest BCUT2D eigenvalue weighted by atomic mass is 9.98. The first-order valence-electron chi connectivity index (χ1n) is 6.83. The highest BCUT2D eigenvalue weighted by Crippen LogP contribution is 2.47. The number of carbonyl (C=O) groups excluding carboxylic acids is 1. The lowest BCUT2D eigenvalue weighted by Crippen LogP contribution is -2.34. The van der Waals surface area contributed by atoms with Gasteiger partial charge >= 0.3 is 11.8 Å². The van der Waals surface area contributed by atoms with Crippen LogP contribution in [0.2, 0.25) is 0 Å². The molecule has 0 saturated carbocycles.